The number of hydrogen-bond donors (Lipinski definition) is 3. The molecule has 0 aromatic heterocycles. The van der Waals surface area contributed by atoms with E-state index >= 15 is 0 Å². The van der Waals surface area contributed by atoms with E-state index in [1.165, 1.54) is 0 Å². The SMILES string of the molecule is CCCC(O)CNC(=O)C(C)NC(=O)c1cccc(C)c1. The summed E-state index contributed by atoms with van der Waals surface area (Å²) in [5.41, 5.74) is 1.52. The summed E-state index contributed by atoms with van der Waals surface area (Å²) in [6, 6.07) is 6.54. The Labute approximate surface area is 125 Å². The molecule has 0 fully saturated rings. The van der Waals surface area contributed by atoms with E-state index < -0.39 is 12.1 Å². The standard InChI is InChI=1S/C16H24N2O3/c1-4-6-14(19)10-17-15(20)12(3)18-16(21)13-8-5-7-11(2)9-13/h5,7-9,12,14,19H,4,6,10H2,1-3H3,(H,17,20)(H,18,21). The maximum Gasteiger partial charge on any atom is 0.251 e. The highest BCUT2D eigenvalue weighted by Crippen LogP contribution is 2.04. The predicted molar refractivity (Wildman–Crippen MR) is 82.0 cm³/mol. The normalized spacial score (nSPS) is 13.3. The molecule has 0 aliphatic carbocycles. The van der Waals surface area contributed by atoms with Crippen molar-refractivity contribution in [3.63, 3.8) is 0 Å². The van der Waals surface area contributed by atoms with Crippen LogP contribution in [0.1, 0.15) is 42.6 Å². The van der Waals surface area contributed by atoms with Crippen molar-refractivity contribution >= 4 is 11.8 Å². The number of carbonyl (C=O) groups is 2. The highest BCUT2D eigenvalue weighted by Gasteiger charge is 2.17. The summed E-state index contributed by atoms with van der Waals surface area (Å²) in [4.78, 5) is 23.9. The highest BCUT2D eigenvalue weighted by molar-refractivity contribution is 5.97. The molecule has 116 valence electrons. The summed E-state index contributed by atoms with van der Waals surface area (Å²) in [6.45, 7) is 5.70. The average molecular weight is 292 g/mol. The molecule has 2 unspecified atom stereocenters. The Bertz CT molecular complexity index is 488. The minimum absolute atomic E-state index is 0.206. The Morgan fingerprint density at radius 3 is 2.67 bits per heavy atom. The molecule has 0 saturated heterocycles. The Morgan fingerprint density at radius 1 is 1.33 bits per heavy atom. The van der Waals surface area contributed by atoms with Gasteiger partial charge in [-0.1, -0.05) is 31.0 Å². The van der Waals surface area contributed by atoms with Gasteiger partial charge in [0.15, 0.2) is 0 Å². The van der Waals surface area contributed by atoms with Gasteiger partial charge in [-0.15, -0.1) is 0 Å². The Kier molecular flexibility index (Phi) is 6.88. The van der Waals surface area contributed by atoms with Gasteiger partial charge in [0.1, 0.15) is 6.04 Å². The fourth-order valence-corrected chi connectivity index (χ4v) is 1.94. The lowest BCUT2D eigenvalue weighted by Gasteiger charge is -2.16. The number of hydrogen-bond acceptors (Lipinski definition) is 3. The lowest BCUT2D eigenvalue weighted by atomic mass is 10.1. The van der Waals surface area contributed by atoms with Gasteiger partial charge in [-0.25, -0.2) is 0 Å². The zero-order valence-electron chi connectivity index (χ0n) is 12.8. The highest BCUT2D eigenvalue weighted by atomic mass is 16.3. The van der Waals surface area contributed by atoms with Crippen molar-refractivity contribution in [3.8, 4) is 0 Å². The third kappa shape index (κ3) is 5.95. The van der Waals surface area contributed by atoms with E-state index in [1.807, 2.05) is 19.9 Å². The molecular weight excluding hydrogens is 268 g/mol. The predicted octanol–water partition coefficient (Wildman–Crippen LogP) is 1.39. The van der Waals surface area contributed by atoms with Gasteiger partial charge in [0, 0.05) is 12.1 Å². The maximum absolute atomic E-state index is 12.0. The lowest BCUT2D eigenvalue weighted by molar-refractivity contribution is -0.123. The van der Waals surface area contributed by atoms with E-state index in [-0.39, 0.29) is 18.4 Å². The molecule has 2 atom stereocenters. The Balaban J connectivity index is 2.46. The first kappa shape index (κ1) is 17.2. The van der Waals surface area contributed by atoms with Crippen LogP contribution in [0.4, 0.5) is 0 Å². The second-order valence-electron chi connectivity index (χ2n) is 5.25. The van der Waals surface area contributed by atoms with Gasteiger partial charge >= 0.3 is 0 Å². The molecule has 21 heavy (non-hydrogen) atoms. The summed E-state index contributed by atoms with van der Waals surface area (Å²) >= 11 is 0. The molecule has 2 amide bonds. The van der Waals surface area contributed by atoms with Crippen LogP contribution in [0.5, 0.6) is 0 Å². The lowest BCUT2D eigenvalue weighted by Crippen LogP contribution is -2.46. The van der Waals surface area contributed by atoms with Gasteiger partial charge in [0.05, 0.1) is 6.10 Å². The smallest absolute Gasteiger partial charge is 0.251 e. The van der Waals surface area contributed by atoms with Crippen LogP contribution < -0.4 is 10.6 Å². The van der Waals surface area contributed by atoms with Crippen molar-refractivity contribution in [3.05, 3.63) is 35.4 Å². The van der Waals surface area contributed by atoms with Crippen LogP contribution in [0.15, 0.2) is 24.3 Å². The second-order valence-corrected chi connectivity index (χ2v) is 5.25. The summed E-state index contributed by atoms with van der Waals surface area (Å²) in [5.74, 6) is -0.582. The van der Waals surface area contributed by atoms with E-state index in [2.05, 4.69) is 10.6 Å². The zero-order valence-corrected chi connectivity index (χ0v) is 12.8. The molecule has 0 saturated carbocycles. The average Bonchev–Trinajstić information content (AvgIpc) is 2.44. The first-order valence-electron chi connectivity index (χ1n) is 7.27. The van der Waals surface area contributed by atoms with Crippen LogP contribution >= 0.6 is 0 Å². The number of rotatable bonds is 7. The Hall–Kier alpha value is -1.88. The largest absolute Gasteiger partial charge is 0.391 e. The molecular formula is C16H24N2O3. The van der Waals surface area contributed by atoms with Crippen molar-refractivity contribution in [2.24, 2.45) is 0 Å². The molecule has 1 aromatic carbocycles. The van der Waals surface area contributed by atoms with E-state index in [4.69, 9.17) is 0 Å². The van der Waals surface area contributed by atoms with Crippen LogP contribution in [-0.2, 0) is 4.79 Å². The molecule has 0 aliphatic heterocycles. The molecule has 1 rings (SSSR count). The number of aryl methyl sites for hydroxylation is 1. The quantitative estimate of drug-likeness (QED) is 0.710. The first-order chi connectivity index (χ1) is 9.93. The molecule has 0 bridgehead atoms. The number of amides is 2. The van der Waals surface area contributed by atoms with Crippen molar-refractivity contribution in [1.82, 2.24) is 10.6 Å². The van der Waals surface area contributed by atoms with Crippen LogP contribution in [0.25, 0.3) is 0 Å². The molecule has 0 radical (unpaired) electrons. The van der Waals surface area contributed by atoms with Crippen molar-refractivity contribution in [2.75, 3.05) is 6.54 Å². The van der Waals surface area contributed by atoms with Crippen molar-refractivity contribution in [1.29, 1.82) is 0 Å². The third-order valence-corrected chi connectivity index (χ3v) is 3.15. The first-order valence-corrected chi connectivity index (χ1v) is 7.27. The van der Waals surface area contributed by atoms with E-state index in [1.54, 1.807) is 25.1 Å². The third-order valence-electron chi connectivity index (χ3n) is 3.15. The van der Waals surface area contributed by atoms with Crippen molar-refractivity contribution < 1.29 is 14.7 Å². The minimum Gasteiger partial charge on any atom is -0.391 e. The monoisotopic (exact) mass is 292 g/mol. The van der Waals surface area contributed by atoms with Gasteiger partial charge in [-0.3, -0.25) is 9.59 Å². The zero-order chi connectivity index (χ0) is 15.8. The molecule has 5 nitrogen and oxygen atoms in total. The van der Waals surface area contributed by atoms with E-state index in [9.17, 15) is 14.7 Å². The number of benzene rings is 1. The fourth-order valence-electron chi connectivity index (χ4n) is 1.94. The van der Waals surface area contributed by atoms with Gasteiger partial charge in [-0.05, 0) is 32.4 Å². The summed E-state index contributed by atoms with van der Waals surface area (Å²) in [7, 11) is 0. The summed E-state index contributed by atoms with van der Waals surface area (Å²) < 4.78 is 0. The van der Waals surface area contributed by atoms with E-state index in [0.29, 0.717) is 12.0 Å². The van der Waals surface area contributed by atoms with Gasteiger partial charge in [0.25, 0.3) is 5.91 Å². The summed E-state index contributed by atoms with van der Waals surface area (Å²) in [6.07, 6.45) is 0.958. The van der Waals surface area contributed by atoms with Crippen LogP contribution in [0.2, 0.25) is 0 Å². The summed E-state index contributed by atoms with van der Waals surface area (Å²) in [5, 5.41) is 14.8. The Morgan fingerprint density at radius 2 is 2.05 bits per heavy atom. The molecule has 0 heterocycles. The van der Waals surface area contributed by atoms with Crippen molar-refractivity contribution in [2.45, 2.75) is 45.8 Å². The second kappa shape index (κ2) is 8.42. The van der Waals surface area contributed by atoms with Gasteiger partial charge in [-0.2, -0.15) is 0 Å². The molecule has 0 aliphatic rings. The molecule has 3 N–H and O–H groups in total. The number of aliphatic hydroxyl groups is 1. The minimum atomic E-state index is -0.646. The number of aliphatic hydroxyl groups excluding tert-OH is 1. The van der Waals surface area contributed by atoms with Crippen LogP contribution in [-0.4, -0.2) is 35.6 Å². The van der Waals surface area contributed by atoms with E-state index in [0.717, 1.165) is 12.0 Å². The fraction of sp³-hybridized carbons (Fsp3) is 0.500. The van der Waals surface area contributed by atoms with Gasteiger partial charge < -0.3 is 15.7 Å². The van der Waals surface area contributed by atoms with Gasteiger partial charge in [0.2, 0.25) is 5.91 Å². The topological polar surface area (TPSA) is 78.4 Å². The molecule has 5 heteroatoms. The molecule has 1 aromatic rings. The molecule has 0 spiro atoms. The number of carbonyl (C=O) groups excluding carboxylic acids is 2. The maximum atomic E-state index is 12.0. The number of nitrogens with one attached hydrogen (secondary N) is 2. The van der Waals surface area contributed by atoms with Crippen LogP contribution in [0, 0.1) is 6.92 Å². The van der Waals surface area contributed by atoms with Crippen LogP contribution in [0.3, 0.4) is 0 Å².